The number of amides is 2. The lowest BCUT2D eigenvalue weighted by Gasteiger charge is -2.23. The van der Waals surface area contributed by atoms with Crippen LogP contribution in [0.1, 0.15) is 43.6 Å². The van der Waals surface area contributed by atoms with Crippen LogP contribution in [0.5, 0.6) is 0 Å². The molecule has 152 valence electrons. The number of hydrogen-bond acceptors (Lipinski definition) is 2. The fraction of sp³-hybridized carbons (Fsp3) is 0.500. The van der Waals surface area contributed by atoms with Crippen LogP contribution in [-0.4, -0.2) is 28.1 Å². The molecule has 2 heterocycles. The fourth-order valence-electron chi connectivity index (χ4n) is 3.55. The molecule has 3 rings (SSSR count). The number of nitrogens with zero attached hydrogens (tertiary/aromatic N) is 3. The maximum atomic E-state index is 12.8. The molecule has 0 spiro atoms. The molecule has 8 heteroatoms. The average molecular weight is 411 g/mol. The molecule has 1 aliphatic rings. The van der Waals surface area contributed by atoms with Crippen molar-refractivity contribution in [2.75, 3.05) is 6.54 Å². The summed E-state index contributed by atoms with van der Waals surface area (Å²) in [5.41, 5.74) is -0.156. The molecule has 1 fully saturated rings. The highest BCUT2D eigenvalue weighted by molar-refractivity contribution is 7.09. The lowest BCUT2D eigenvalue weighted by molar-refractivity contribution is -0.137. The van der Waals surface area contributed by atoms with Crippen molar-refractivity contribution < 1.29 is 18.0 Å². The first-order valence-corrected chi connectivity index (χ1v) is 10.2. The molecule has 0 aliphatic carbocycles. The normalized spacial score (nSPS) is 18.3. The molecule has 0 radical (unpaired) electrons. The first-order chi connectivity index (χ1) is 13.1. The van der Waals surface area contributed by atoms with E-state index in [-0.39, 0.29) is 12.1 Å². The number of urea groups is 1. The number of carbonyl (C=O) groups excluding carboxylic acids is 1. The standard InChI is InChI=1S/C20H24F3N3OS/c1-13(2)11-17-5-4-10-25(17)18(27)24-19-26(12-14(3)28-19)16-8-6-15(7-9-16)20(21,22)23/h6-9,12-13,17H,4-5,10-11H2,1-3H3/b24-19-. The Labute approximate surface area is 166 Å². The molecule has 4 nitrogen and oxygen atoms in total. The second-order valence-electron chi connectivity index (χ2n) is 7.55. The van der Waals surface area contributed by atoms with Gasteiger partial charge in [0.05, 0.1) is 5.56 Å². The van der Waals surface area contributed by atoms with Gasteiger partial charge in [0.25, 0.3) is 0 Å². The van der Waals surface area contributed by atoms with Gasteiger partial charge in [0.2, 0.25) is 0 Å². The molecule has 1 aromatic carbocycles. The third-order valence-corrected chi connectivity index (χ3v) is 5.70. The van der Waals surface area contributed by atoms with Gasteiger partial charge in [-0.15, -0.1) is 11.3 Å². The van der Waals surface area contributed by atoms with Gasteiger partial charge in [-0.25, -0.2) is 4.79 Å². The van der Waals surface area contributed by atoms with Gasteiger partial charge in [-0.3, -0.25) is 4.57 Å². The summed E-state index contributed by atoms with van der Waals surface area (Å²) in [4.78, 5) is 20.3. The molecule has 1 saturated heterocycles. The summed E-state index contributed by atoms with van der Waals surface area (Å²) in [7, 11) is 0. The predicted octanol–water partition coefficient (Wildman–Crippen LogP) is 5.40. The minimum absolute atomic E-state index is 0.205. The fourth-order valence-corrected chi connectivity index (χ4v) is 4.38. The minimum atomic E-state index is -4.38. The average Bonchev–Trinajstić information content (AvgIpc) is 3.20. The quantitative estimate of drug-likeness (QED) is 0.667. The zero-order chi connectivity index (χ0) is 20.5. The Bertz CT molecular complexity index is 897. The summed E-state index contributed by atoms with van der Waals surface area (Å²) in [6.07, 6.45) is 0.319. The zero-order valence-electron chi connectivity index (χ0n) is 16.2. The van der Waals surface area contributed by atoms with Crippen molar-refractivity contribution in [1.82, 2.24) is 9.47 Å². The molecule has 2 aromatic rings. The number of benzene rings is 1. The lowest BCUT2D eigenvalue weighted by atomic mass is 10.0. The van der Waals surface area contributed by atoms with Crippen molar-refractivity contribution in [2.24, 2.45) is 10.9 Å². The highest BCUT2D eigenvalue weighted by Crippen LogP contribution is 2.29. The Morgan fingerprint density at radius 2 is 1.96 bits per heavy atom. The van der Waals surface area contributed by atoms with Crippen LogP contribution in [0.4, 0.5) is 18.0 Å². The van der Waals surface area contributed by atoms with Crippen LogP contribution in [0.15, 0.2) is 35.5 Å². The molecule has 0 saturated carbocycles. The number of halogens is 3. The van der Waals surface area contributed by atoms with E-state index < -0.39 is 11.7 Å². The van der Waals surface area contributed by atoms with Crippen molar-refractivity contribution in [3.63, 3.8) is 0 Å². The summed E-state index contributed by atoms with van der Waals surface area (Å²) in [6, 6.07) is 4.81. The Morgan fingerprint density at radius 3 is 2.57 bits per heavy atom. The Kier molecular flexibility index (Phi) is 5.98. The van der Waals surface area contributed by atoms with Crippen LogP contribution in [0.25, 0.3) is 5.69 Å². The second kappa shape index (κ2) is 8.11. The van der Waals surface area contributed by atoms with Gasteiger partial charge >= 0.3 is 12.2 Å². The van der Waals surface area contributed by atoms with Crippen LogP contribution in [0.3, 0.4) is 0 Å². The van der Waals surface area contributed by atoms with Gasteiger partial charge < -0.3 is 4.90 Å². The molecule has 0 N–H and O–H groups in total. The monoisotopic (exact) mass is 411 g/mol. The van der Waals surface area contributed by atoms with Crippen LogP contribution in [-0.2, 0) is 6.18 Å². The summed E-state index contributed by atoms with van der Waals surface area (Å²) in [5.74, 6) is 0.500. The number of likely N-dealkylation sites (tertiary alicyclic amines) is 1. The number of aryl methyl sites for hydroxylation is 1. The lowest BCUT2D eigenvalue weighted by Crippen LogP contribution is -2.35. The summed E-state index contributed by atoms with van der Waals surface area (Å²) in [5, 5.41) is 0. The molecule has 0 bridgehead atoms. The van der Waals surface area contributed by atoms with E-state index in [1.54, 1.807) is 10.8 Å². The molecule has 1 aliphatic heterocycles. The Balaban J connectivity index is 1.90. The van der Waals surface area contributed by atoms with Crippen LogP contribution < -0.4 is 4.80 Å². The van der Waals surface area contributed by atoms with Crippen molar-refractivity contribution in [3.8, 4) is 5.69 Å². The van der Waals surface area contributed by atoms with Gasteiger partial charge in [0.15, 0.2) is 4.80 Å². The van der Waals surface area contributed by atoms with E-state index in [4.69, 9.17) is 0 Å². The largest absolute Gasteiger partial charge is 0.416 e. The van der Waals surface area contributed by atoms with Crippen LogP contribution in [0, 0.1) is 12.8 Å². The molecule has 1 unspecified atom stereocenters. The maximum Gasteiger partial charge on any atom is 0.416 e. The van der Waals surface area contributed by atoms with Gasteiger partial charge in [0.1, 0.15) is 0 Å². The van der Waals surface area contributed by atoms with E-state index >= 15 is 0 Å². The number of aromatic nitrogens is 1. The number of carbonyl (C=O) groups is 1. The summed E-state index contributed by atoms with van der Waals surface area (Å²) < 4.78 is 40.1. The summed E-state index contributed by atoms with van der Waals surface area (Å²) >= 11 is 1.35. The second-order valence-corrected chi connectivity index (χ2v) is 8.77. The minimum Gasteiger partial charge on any atom is -0.320 e. The Hall–Kier alpha value is -2.09. The number of hydrogen-bond donors (Lipinski definition) is 0. The molecular formula is C20H24F3N3OS. The van der Waals surface area contributed by atoms with Gasteiger partial charge in [-0.2, -0.15) is 18.2 Å². The predicted molar refractivity (Wildman–Crippen MR) is 104 cm³/mol. The Morgan fingerprint density at radius 1 is 1.29 bits per heavy atom. The first-order valence-electron chi connectivity index (χ1n) is 9.37. The highest BCUT2D eigenvalue weighted by Gasteiger charge is 2.30. The topological polar surface area (TPSA) is 37.6 Å². The molecule has 2 amide bonds. The van der Waals surface area contributed by atoms with Crippen molar-refractivity contribution in [2.45, 2.75) is 52.3 Å². The van der Waals surface area contributed by atoms with Crippen molar-refractivity contribution in [3.05, 3.63) is 45.7 Å². The van der Waals surface area contributed by atoms with E-state index in [0.717, 1.165) is 36.3 Å². The first kappa shape index (κ1) is 20.6. The van der Waals surface area contributed by atoms with Crippen LogP contribution in [0.2, 0.25) is 0 Å². The molecule has 28 heavy (non-hydrogen) atoms. The van der Waals surface area contributed by atoms with Crippen LogP contribution >= 0.6 is 11.3 Å². The van der Waals surface area contributed by atoms with Crippen molar-refractivity contribution >= 4 is 17.4 Å². The number of thiazole rings is 1. The highest BCUT2D eigenvalue weighted by atomic mass is 32.1. The molecular weight excluding hydrogens is 387 g/mol. The van der Waals surface area contributed by atoms with E-state index in [1.807, 2.05) is 11.8 Å². The smallest absolute Gasteiger partial charge is 0.320 e. The van der Waals surface area contributed by atoms with E-state index in [2.05, 4.69) is 18.8 Å². The molecule has 1 aromatic heterocycles. The van der Waals surface area contributed by atoms with Crippen molar-refractivity contribution in [1.29, 1.82) is 0 Å². The number of rotatable bonds is 3. The van der Waals surface area contributed by atoms with Gasteiger partial charge in [-0.05, 0) is 56.4 Å². The zero-order valence-corrected chi connectivity index (χ0v) is 17.0. The van der Waals surface area contributed by atoms with Gasteiger partial charge in [0, 0.05) is 29.3 Å². The third kappa shape index (κ3) is 4.66. The summed E-state index contributed by atoms with van der Waals surface area (Å²) in [6.45, 7) is 6.86. The van der Waals surface area contributed by atoms with E-state index in [9.17, 15) is 18.0 Å². The molecule has 1 atom stereocenters. The maximum absolute atomic E-state index is 12.8. The van der Waals surface area contributed by atoms with E-state index in [1.165, 1.54) is 23.5 Å². The SMILES string of the molecule is Cc1cn(-c2ccc(C(F)(F)F)cc2)/c(=N/C(=O)N2CCCC2CC(C)C)s1. The van der Waals surface area contributed by atoms with Gasteiger partial charge in [-0.1, -0.05) is 13.8 Å². The van der Waals surface area contributed by atoms with E-state index in [0.29, 0.717) is 23.0 Å². The number of alkyl halides is 3. The third-order valence-electron chi connectivity index (χ3n) is 4.80.